The summed E-state index contributed by atoms with van der Waals surface area (Å²) in [5, 5.41) is 5.99. The van der Waals surface area contributed by atoms with Crippen LogP contribution in [-0.2, 0) is 5.54 Å². The monoisotopic (exact) mass is 384 g/mol. The van der Waals surface area contributed by atoms with Crippen molar-refractivity contribution < 1.29 is 4.39 Å². The van der Waals surface area contributed by atoms with Gasteiger partial charge in [0.15, 0.2) is 5.65 Å². The molecule has 2 aromatic carbocycles. The minimum atomic E-state index is -0.241. The van der Waals surface area contributed by atoms with E-state index in [1.54, 1.807) is 0 Å². The van der Waals surface area contributed by atoms with Crippen molar-refractivity contribution in [1.29, 1.82) is 0 Å². The minimum Gasteiger partial charge on any atom is -0.241 e. The lowest BCUT2D eigenvalue weighted by atomic mass is 9.97. The van der Waals surface area contributed by atoms with Gasteiger partial charge in [-0.05, 0) is 51.3 Å². The molecule has 0 N–H and O–H groups in total. The summed E-state index contributed by atoms with van der Waals surface area (Å²) in [6.07, 6.45) is 2.29. The third kappa shape index (κ3) is 3.23. The molecule has 0 spiro atoms. The first-order valence-electron chi connectivity index (χ1n) is 10.1. The van der Waals surface area contributed by atoms with E-state index in [0.29, 0.717) is 5.92 Å². The second-order valence-corrected chi connectivity index (χ2v) is 8.77. The Morgan fingerprint density at radius 2 is 1.66 bits per heavy atom. The molecule has 145 valence electrons. The number of aromatic nitrogens is 3. The van der Waals surface area contributed by atoms with Gasteiger partial charge in [0.1, 0.15) is 11.5 Å². The summed E-state index contributed by atoms with van der Waals surface area (Å²) in [5.74, 6) is 0.220. The van der Waals surface area contributed by atoms with Gasteiger partial charge in [-0.25, -0.2) is 14.1 Å². The lowest BCUT2D eigenvalue weighted by molar-refractivity contribution is 0.366. The van der Waals surface area contributed by atoms with Gasteiger partial charge >= 0.3 is 0 Å². The Morgan fingerprint density at radius 3 is 2.28 bits per heavy atom. The molecule has 3 nitrogen and oxygen atoms in total. The fourth-order valence-electron chi connectivity index (χ4n) is 3.72. The second kappa shape index (κ2) is 6.51. The van der Waals surface area contributed by atoms with E-state index in [2.05, 4.69) is 39.0 Å². The van der Waals surface area contributed by atoms with Crippen LogP contribution in [0, 0.1) is 11.9 Å². The van der Waals surface area contributed by atoms with Crippen LogP contribution < -0.4 is 0 Å². The Labute approximate surface area is 170 Å². The van der Waals surface area contributed by atoms with E-state index in [-0.39, 0.29) is 11.4 Å². The van der Waals surface area contributed by atoms with E-state index in [9.17, 15) is 4.39 Å². The third-order valence-corrected chi connectivity index (χ3v) is 5.37. The molecule has 29 heavy (non-hydrogen) atoms. The van der Waals surface area contributed by atoms with Gasteiger partial charge in [-0.2, -0.15) is 5.10 Å². The van der Waals surface area contributed by atoms with Crippen LogP contribution in [-0.4, -0.2) is 14.8 Å². The molecule has 1 aliphatic carbocycles. The number of fused-ring (bicyclic) bond motifs is 1. The number of halogens is 1. The fourth-order valence-corrected chi connectivity index (χ4v) is 3.72. The van der Waals surface area contributed by atoms with Crippen LogP contribution in [0.2, 0.25) is 0 Å². The number of hydrogen-bond acceptors (Lipinski definition) is 2. The maximum absolute atomic E-state index is 13.6. The Hall–Kier alpha value is -3.01. The Bertz CT molecular complexity index is 1180. The summed E-state index contributed by atoms with van der Waals surface area (Å²) in [7, 11) is 0. The van der Waals surface area contributed by atoms with Gasteiger partial charge < -0.3 is 0 Å². The maximum Gasteiger partial charge on any atom is 0.159 e. The molecular formula is C25H23FN3. The molecule has 1 saturated carbocycles. The molecule has 0 bridgehead atoms. The van der Waals surface area contributed by atoms with Crippen molar-refractivity contribution in [3.63, 3.8) is 0 Å². The number of hydrogen-bond donors (Lipinski definition) is 0. The molecule has 2 heterocycles. The van der Waals surface area contributed by atoms with Crippen molar-refractivity contribution in [1.82, 2.24) is 14.8 Å². The van der Waals surface area contributed by atoms with Gasteiger partial charge in [0.05, 0.1) is 16.6 Å². The van der Waals surface area contributed by atoms with Crippen molar-refractivity contribution in [3.8, 4) is 22.4 Å². The van der Waals surface area contributed by atoms with Crippen molar-refractivity contribution in [2.24, 2.45) is 0 Å². The highest BCUT2D eigenvalue weighted by molar-refractivity contribution is 6.02. The number of nitrogens with zero attached hydrogens (tertiary/aromatic N) is 3. The average Bonchev–Trinajstić information content (AvgIpc) is 3.48. The van der Waals surface area contributed by atoms with Crippen LogP contribution in [0.5, 0.6) is 0 Å². The molecule has 1 radical (unpaired) electrons. The van der Waals surface area contributed by atoms with Gasteiger partial charge in [0, 0.05) is 23.1 Å². The average molecular weight is 384 g/mol. The lowest BCUT2D eigenvalue weighted by Gasteiger charge is -2.20. The van der Waals surface area contributed by atoms with E-state index in [1.165, 1.54) is 12.1 Å². The summed E-state index contributed by atoms with van der Waals surface area (Å²) < 4.78 is 15.6. The zero-order valence-corrected chi connectivity index (χ0v) is 16.9. The number of benzene rings is 2. The Morgan fingerprint density at radius 1 is 0.966 bits per heavy atom. The SMILES string of the molecule is CC(C)(C)n1nc(-c2ccccc2)c2c(-c3ccc(F)cc3)[c]c(C3CC3)nc21. The molecule has 1 fully saturated rings. The first-order valence-corrected chi connectivity index (χ1v) is 10.1. The first kappa shape index (κ1) is 18.0. The van der Waals surface area contributed by atoms with E-state index in [1.807, 2.05) is 35.0 Å². The molecule has 0 unspecified atom stereocenters. The van der Waals surface area contributed by atoms with Crippen LogP contribution in [0.1, 0.15) is 45.2 Å². The van der Waals surface area contributed by atoms with Crippen molar-refractivity contribution in [2.45, 2.75) is 45.1 Å². The summed E-state index contributed by atoms with van der Waals surface area (Å²) in [4.78, 5) is 5.02. The fraction of sp³-hybridized carbons (Fsp3) is 0.280. The van der Waals surface area contributed by atoms with E-state index in [0.717, 1.165) is 52.0 Å². The predicted octanol–water partition coefficient (Wildman–Crippen LogP) is 6.34. The lowest BCUT2D eigenvalue weighted by Crippen LogP contribution is -2.23. The third-order valence-electron chi connectivity index (χ3n) is 5.37. The largest absolute Gasteiger partial charge is 0.241 e. The van der Waals surface area contributed by atoms with Gasteiger partial charge in [-0.1, -0.05) is 42.5 Å². The van der Waals surface area contributed by atoms with Gasteiger partial charge in [0.25, 0.3) is 0 Å². The summed E-state index contributed by atoms with van der Waals surface area (Å²) >= 11 is 0. The normalized spacial score (nSPS) is 14.5. The van der Waals surface area contributed by atoms with Gasteiger partial charge in [0.2, 0.25) is 0 Å². The predicted molar refractivity (Wildman–Crippen MR) is 114 cm³/mol. The van der Waals surface area contributed by atoms with Crippen molar-refractivity contribution in [2.75, 3.05) is 0 Å². The molecule has 4 heteroatoms. The molecule has 4 aromatic rings. The maximum atomic E-state index is 13.6. The zero-order chi connectivity index (χ0) is 20.2. The van der Waals surface area contributed by atoms with Crippen LogP contribution >= 0.6 is 0 Å². The summed E-state index contributed by atoms with van der Waals surface area (Å²) in [6, 6.07) is 20.4. The minimum absolute atomic E-state index is 0.222. The van der Waals surface area contributed by atoms with E-state index in [4.69, 9.17) is 10.1 Å². The highest BCUT2D eigenvalue weighted by atomic mass is 19.1. The van der Waals surface area contributed by atoms with Crippen LogP contribution in [0.25, 0.3) is 33.4 Å². The smallest absolute Gasteiger partial charge is 0.159 e. The van der Waals surface area contributed by atoms with Crippen LogP contribution in [0.4, 0.5) is 4.39 Å². The number of rotatable bonds is 3. The second-order valence-electron chi connectivity index (χ2n) is 8.77. The highest BCUT2D eigenvalue weighted by Gasteiger charge is 2.30. The Balaban J connectivity index is 1.89. The molecule has 2 aromatic heterocycles. The van der Waals surface area contributed by atoms with Crippen molar-refractivity contribution >= 4 is 11.0 Å². The number of pyridine rings is 1. The summed E-state index contributed by atoms with van der Waals surface area (Å²) in [6.45, 7) is 6.42. The van der Waals surface area contributed by atoms with Gasteiger partial charge in [-0.15, -0.1) is 0 Å². The molecule has 0 amide bonds. The molecule has 0 atom stereocenters. The van der Waals surface area contributed by atoms with Crippen LogP contribution in [0.15, 0.2) is 54.6 Å². The molecule has 0 saturated heterocycles. The summed E-state index contributed by atoms with van der Waals surface area (Å²) in [5.41, 5.74) is 5.45. The zero-order valence-electron chi connectivity index (χ0n) is 16.9. The molecule has 1 aliphatic rings. The highest BCUT2D eigenvalue weighted by Crippen LogP contribution is 2.43. The molecule has 0 aliphatic heterocycles. The van der Waals surface area contributed by atoms with E-state index >= 15 is 0 Å². The van der Waals surface area contributed by atoms with E-state index < -0.39 is 0 Å². The first-order chi connectivity index (χ1) is 13.9. The quantitative estimate of drug-likeness (QED) is 0.413. The van der Waals surface area contributed by atoms with Crippen molar-refractivity contribution in [3.05, 3.63) is 72.2 Å². The topological polar surface area (TPSA) is 30.7 Å². The molecule has 5 rings (SSSR count). The standard InChI is InChI=1S/C25H23FN3/c1-25(2,3)29-24-22(23(28-29)18-7-5-4-6-8-18)20(15-21(27-24)17-9-10-17)16-11-13-19(26)14-12-16/h4-8,11-14,17H,9-10H2,1-3H3. The van der Waals surface area contributed by atoms with Crippen LogP contribution in [0.3, 0.4) is 0 Å². The van der Waals surface area contributed by atoms with Gasteiger partial charge in [-0.3, -0.25) is 0 Å². The molecular weight excluding hydrogens is 361 g/mol. The Kier molecular flexibility index (Phi) is 4.05.